The van der Waals surface area contributed by atoms with Crippen LogP contribution in [0.25, 0.3) is 0 Å². The van der Waals surface area contributed by atoms with Crippen molar-refractivity contribution in [3.8, 4) is 0 Å². The Labute approximate surface area is 120 Å². The summed E-state index contributed by atoms with van der Waals surface area (Å²) in [6.45, 7) is 5.38. The lowest BCUT2D eigenvalue weighted by atomic mass is 9.94. The number of amides is 2. The first-order chi connectivity index (χ1) is 9.45. The molecule has 1 aliphatic heterocycles. The number of carbonyl (C=O) groups excluding carboxylic acids is 1. The van der Waals surface area contributed by atoms with Gasteiger partial charge in [0.2, 0.25) is 0 Å². The highest BCUT2D eigenvalue weighted by Crippen LogP contribution is 2.22. The van der Waals surface area contributed by atoms with Gasteiger partial charge >= 0.3 is 12.0 Å². The van der Waals surface area contributed by atoms with Gasteiger partial charge < -0.3 is 20.1 Å². The highest BCUT2D eigenvalue weighted by Gasteiger charge is 2.29. The number of carboxylic acids is 1. The van der Waals surface area contributed by atoms with Crippen LogP contribution >= 0.6 is 0 Å². The lowest BCUT2D eigenvalue weighted by molar-refractivity contribution is -0.139. The van der Waals surface area contributed by atoms with E-state index in [2.05, 4.69) is 12.2 Å². The van der Waals surface area contributed by atoms with Crippen molar-refractivity contribution in [1.82, 2.24) is 10.2 Å². The van der Waals surface area contributed by atoms with E-state index in [4.69, 9.17) is 9.84 Å². The lowest BCUT2D eigenvalue weighted by Gasteiger charge is -2.37. The number of methoxy groups -OCH3 is 1. The van der Waals surface area contributed by atoms with Gasteiger partial charge in [-0.3, -0.25) is 0 Å². The van der Waals surface area contributed by atoms with E-state index in [0.717, 1.165) is 12.8 Å². The van der Waals surface area contributed by atoms with Gasteiger partial charge in [0.25, 0.3) is 0 Å². The number of hydrogen-bond acceptors (Lipinski definition) is 3. The van der Waals surface area contributed by atoms with E-state index in [9.17, 15) is 9.59 Å². The third kappa shape index (κ3) is 5.00. The number of nitrogens with one attached hydrogen (secondary N) is 1. The molecule has 1 aliphatic rings. The molecule has 0 spiro atoms. The Balaban J connectivity index is 2.50. The molecule has 3 atom stereocenters. The van der Waals surface area contributed by atoms with Crippen LogP contribution in [-0.2, 0) is 9.53 Å². The Morgan fingerprint density at radius 1 is 1.45 bits per heavy atom. The van der Waals surface area contributed by atoms with Gasteiger partial charge in [0.15, 0.2) is 0 Å². The molecule has 1 saturated heterocycles. The van der Waals surface area contributed by atoms with Crippen molar-refractivity contribution in [2.45, 2.75) is 51.6 Å². The summed E-state index contributed by atoms with van der Waals surface area (Å²) in [5.41, 5.74) is 0. The van der Waals surface area contributed by atoms with Crippen molar-refractivity contribution in [3.05, 3.63) is 0 Å². The molecule has 0 aliphatic carbocycles. The number of rotatable bonds is 6. The van der Waals surface area contributed by atoms with Crippen LogP contribution in [-0.4, -0.2) is 54.4 Å². The van der Waals surface area contributed by atoms with Gasteiger partial charge in [-0.15, -0.1) is 0 Å². The van der Waals surface area contributed by atoms with Crippen molar-refractivity contribution < 1.29 is 19.4 Å². The summed E-state index contributed by atoms with van der Waals surface area (Å²) in [5, 5.41) is 11.8. The first-order valence-electron chi connectivity index (χ1n) is 7.24. The zero-order chi connectivity index (χ0) is 15.1. The van der Waals surface area contributed by atoms with E-state index in [-0.39, 0.29) is 12.1 Å². The molecule has 6 heteroatoms. The Bertz CT molecular complexity index is 335. The van der Waals surface area contributed by atoms with Crippen LogP contribution in [0, 0.1) is 5.92 Å². The van der Waals surface area contributed by atoms with Crippen LogP contribution in [0.5, 0.6) is 0 Å². The highest BCUT2D eigenvalue weighted by molar-refractivity contribution is 5.82. The summed E-state index contributed by atoms with van der Waals surface area (Å²) in [5.74, 6) is -0.376. The predicted octanol–water partition coefficient (Wildman–Crippen LogP) is 1.70. The minimum atomic E-state index is -0.993. The van der Waals surface area contributed by atoms with E-state index >= 15 is 0 Å². The van der Waals surface area contributed by atoms with E-state index in [0.29, 0.717) is 31.9 Å². The summed E-state index contributed by atoms with van der Waals surface area (Å²) in [6.07, 6.45) is 2.93. The number of likely N-dealkylation sites (tertiary alicyclic amines) is 1. The Hall–Kier alpha value is -1.30. The second-order valence-corrected chi connectivity index (χ2v) is 5.65. The predicted molar refractivity (Wildman–Crippen MR) is 75.6 cm³/mol. The minimum Gasteiger partial charge on any atom is -0.480 e. The molecule has 3 unspecified atom stereocenters. The van der Waals surface area contributed by atoms with E-state index in [1.807, 2.05) is 6.92 Å². The fourth-order valence-corrected chi connectivity index (χ4v) is 2.63. The van der Waals surface area contributed by atoms with Crippen molar-refractivity contribution in [3.63, 3.8) is 0 Å². The molecule has 1 heterocycles. The average molecular weight is 286 g/mol. The summed E-state index contributed by atoms with van der Waals surface area (Å²) in [4.78, 5) is 25.1. The molecule has 0 radical (unpaired) electrons. The lowest BCUT2D eigenvalue weighted by Crippen LogP contribution is -2.53. The van der Waals surface area contributed by atoms with Crippen molar-refractivity contribution in [2.24, 2.45) is 5.92 Å². The summed E-state index contributed by atoms with van der Waals surface area (Å²) in [7, 11) is 1.57. The van der Waals surface area contributed by atoms with Gasteiger partial charge in [-0.05, 0) is 38.5 Å². The quantitative estimate of drug-likeness (QED) is 0.728. The number of urea groups is 1. The second-order valence-electron chi connectivity index (χ2n) is 5.65. The van der Waals surface area contributed by atoms with Crippen LogP contribution in [0.1, 0.15) is 39.5 Å². The second kappa shape index (κ2) is 8.09. The molecule has 116 valence electrons. The molecule has 2 N–H and O–H groups in total. The fourth-order valence-electron chi connectivity index (χ4n) is 2.63. The minimum absolute atomic E-state index is 0.159. The zero-order valence-corrected chi connectivity index (χ0v) is 12.6. The van der Waals surface area contributed by atoms with Gasteiger partial charge in [0, 0.05) is 26.3 Å². The van der Waals surface area contributed by atoms with Gasteiger partial charge in [-0.25, -0.2) is 9.59 Å². The average Bonchev–Trinajstić information content (AvgIpc) is 2.37. The number of piperidine rings is 1. The maximum absolute atomic E-state index is 12.2. The molecule has 0 aromatic heterocycles. The van der Waals surface area contributed by atoms with Gasteiger partial charge in [0.05, 0.1) is 0 Å². The molecule has 0 bridgehead atoms. The largest absolute Gasteiger partial charge is 0.480 e. The van der Waals surface area contributed by atoms with Gasteiger partial charge in [0.1, 0.15) is 6.04 Å². The molecule has 0 aromatic rings. The van der Waals surface area contributed by atoms with E-state index < -0.39 is 12.0 Å². The SMILES string of the molecule is COCCCC(NC(=O)N1CCC(C)CC1C)C(=O)O. The third-order valence-corrected chi connectivity index (χ3v) is 3.84. The fraction of sp³-hybridized carbons (Fsp3) is 0.857. The number of ether oxygens (including phenoxy) is 1. The van der Waals surface area contributed by atoms with Crippen molar-refractivity contribution in [1.29, 1.82) is 0 Å². The zero-order valence-electron chi connectivity index (χ0n) is 12.6. The molecular weight excluding hydrogens is 260 g/mol. The molecule has 6 nitrogen and oxygen atoms in total. The normalized spacial score (nSPS) is 24.2. The van der Waals surface area contributed by atoms with Crippen LogP contribution in [0.4, 0.5) is 4.79 Å². The van der Waals surface area contributed by atoms with Gasteiger partial charge in [-0.1, -0.05) is 6.92 Å². The molecular formula is C14H26N2O4. The Morgan fingerprint density at radius 2 is 2.15 bits per heavy atom. The van der Waals surface area contributed by atoms with E-state index in [1.54, 1.807) is 12.0 Å². The highest BCUT2D eigenvalue weighted by atomic mass is 16.5. The van der Waals surface area contributed by atoms with Crippen molar-refractivity contribution in [2.75, 3.05) is 20.3 Å². The first kappa shape index (κ1) is 16.8. The van der Waals surface area contributed by atoms with Crippen LogP contribution in [0.2, 0.25) is 0 Å². The maximum atomic E-state index is 12.2. The Kier molecular flexibility index (Phi) is 6.78. The van der Waals surface area contributed by atoms with Crippen molar-refractivity contribution >= 4 is 12.0 Å². The molecule has 0 aromatic carbocycles. The number of aliphatic carboxylic acids is 1. The molecule has 20 heavy (non-hydrogen) atoms. The summed E-state index contributed by atoms with van der Waals surface area (Å²) in [6, 6.07) is -0.953. The van der Waals surface area contributed by atoms with Crippen LogP contribution < -0.4 is 5.32 Å². The smallest absolute Gasteiger partial charge is 0.326 e. The molecule has 1 fully saturated rings. The monoisotopic (exact) mass is 286 g/mol. The van der Waals surface area contributed by atoms with E-state index in [1.165, 1.54) is 0 Å². The van der Waals surface area contributed by atoms with Gasteiger partial charge in [-0.2, -0.15) is 0 Å². The molecule has 0 saturated carbocycles. The number of carbonyl (C=O) groups is 2. The maximum Gasteiger partial charge on any atom is 0.326 e. The topological polar surface area (TPSA) is 78.9 Å². The molecule has 2 amide bonds. The standard InChI is InChI=1S/C14H26N2O4/c1-10-6-7-16(11(2)9-10)14(19)15-12(13(17)18)5-4-8-20-3/h10-12H,4-9H2,1-3H3,(H,15,19)(H,17,18). The number of hydrogen-bond donors (Lipinski definition) is 2. The number of carboxylic acid groups (broad SMARTS) is 1. The van der Waals surface area contributed by atoms with Crippen LogP contribution in [0.3, 0.4) is 0 Å². The number of nitrogens with zero attached hydrogens (tertiary/aromatic N) is 1. The van der Waals surface area contributed by atoms with Crippen LogP contribution in [0.15, 0.2) is 0 Å². The molecule has 1 rings (SSSR count). The Morgan fingerprint density at radius 3 is 2.70 bits per heavy atom. The third-order valence-electron chi connectivity index (χ3n) is 3.84. The summed E-state index contributed by atoms with van der Waals surface area (Å²) >= 11 is 0. The summed E-state index contributed by atoms with van der Waals surface area (Å²) < 4.78 is 4.91. The first-order valence-corrected chi connectivity index (χ1v) is 7.24.